The van der Waals surface area contributed by atoms with Gasteiger partial charge in [0.1, 0.15) is 5.82 Å². The average molecular weight is 398 g/mol. The van der Waals surface area contributed by atoms with Gasteiger partial charge in [-0.15, -0.1) is 0 Å². The van der Waals surface area contributed by atoms with E-state index in [0.717, 1.165) is 30.2 Å². The Balaban J connectivity index is 1.35. The van der Waals surface area contributed by atoms with E-state index in [-0.39, 0.29) is 18.7 Å². The van der Waals surface area contributed by atoms with Crippen molar-refractivity contribution >= 4 is 11.7 Å². The molecule has 2 atom stereocenters. The molecule has 0 aliphatic carbocycles. The lowest BCUT2D eigenvalue weighted by Crippen LogP contribution is -2.52. The number of benzene rings is 1. The van der Waals surface area contributed by atoms with Crippen LogP contribution in [0.5, 0.6) is 0 Å². The quantitative estimate of drug-likeness (QED) is 0.864. The topological polar surface area (TPSA) is 48.5 Å². The highest BCUT2D eigenvalue weighted by molar-refractivity contribution is 5.85. The molecule has 0 spiro atoms. The number of rotatable bonds is 3. The van der Waals surface area contributed by atoms with E-state index in [1.807, 2.05) is 12.1 Å². The second-order valence-electron chi connectivity index (χ2n) is 8.14. The minimum absolute atomic E-state index is 0.179. The molecule has 2 unspecified atom stereocenters. The van der Waals surface area contributed by atoms with Gasteiger partial charge in [0.15, 0.2) is 0 Å². The van der Waals surface area contributed by atoms with Crippen molar-refractivity contribution in [3.05, 3.63) is 59.3 Å². The third-order valence-corrected chi connectivity index (χ3v) is 6.37. The molecule has 2 bridgehead atoms. The van der Waals surface area contributed by atoms with Gasteiger partial charge in [-0.1, -0.05) is 36.4 Å². The predicted octanol–water partition coefficient (Wildman–Crippen LogP) is 2.70. The van der Waals surface area contributed by atoms with Crippen LogP contribution in [0.25, 0.3) is 0 Å². The summed E-state index contributed by atoms with van der Waals surface area (Å²) in [6.45, 7) is 2.40. The standard InChI is InChI=1S/C22H24F2N4O/c23-22(24,16-4-2-1-3-5-16)21(29)27-11-10-19-15(14-27)6-9-20(26-19)28-17-7-8-18(28)13-25-12-17/h1-6,9,17-18,25H,7-8,10-14H2. The zero-order valence-electron chi connectivity index (χ0n) is 16.2. The van der Waals surface area contributed by atoms with Gasteiger partial charge >= 0.3 is 5.92 Å². The molecule has 29 heavy (non-hydrogen) atoms. The molecule has 5 rings (SSSR count). The molecule has 5 nitrogen and oxygen atoms in total. The van der Waals surface area contributed by atoms with Crippen LogP contribution >= 0.6 is 0 Å². The van der Waals surface area contributed by atoms with Crippen molar-refractivity contribution in [1.82, 2.24) is 15.2 Å². The second kappa shape index (κ2) is 7.06. The lowest BCUT2D eigenvalue weighted by molar-refractivity contribution is -0.160. The number of carbonyl (C=O) groups is 1. The number of alkyl halides is 2. The first-order chi connectivity index (χ1) is 14.0. The highest BCUT2D eigenvalue weighted by Gasteiger charge is 2.44. The van der Waals surface area contributed by atoms with E-state index < -0.39 is 11.8 Å². The summed E-state index contributed by atoms with van der Waals surface area (Å²) in [4.78, 5) is 21.1. The highest BCUT2D eigenvalue weighted by Crippen LogP contribution is 2.34. The Labute approximate surface area is 168 Å². The number of amides is 1. The number of fused-ring (bicyclic) bond motifs is 3. The molecule has 4 heterocycles. The number of nitrogens with one attached hydrogen (secondary N) is 1. The SMILES string of the molecule is O=C(N1CCc2nc(N3C4CCC3CNC4)ccc2C1)C(F)(F)c1ccccc1. The lowest BCUT2D eigenvalue weighted by Gasteiger charge is -2.37. The van der Waals surface area contributed by atoms with E-state index >= 15 is 0 Å². The highest BCUT2D eigenvalue weighted by atomic mass is 19.3. The molecule has 3 aliphatic heterocycles. The number of hydrogen-bond acceptors (Lipinski definition) is 4. The zero-order valence-corrected chi connectivity index (χ0v) is 16.2. The molecular formula is C22H24F2N4O. The summed E-state index contributed by atoms with van der Waals surface area (Å²) in [6, 6.07) is 12.2. The third kappa shape index (κ3) is 3.17. The largest absolute Gasteiger partial charge is 0.349 e. The molecule has 2 saturated heterocycles. The van der Waals surface area contributed by atoms with E-state index in [0.29, 0.717) is 18.5 Å². The number of carbonyl (C=O) groups excluding carboxylic acids is 1. The number of hydrogen-bond donors (Lipinski definition) is 1. The van der Waals surface area contributed by atoms with Crippen LogP contribution in [-0.4, -0.2) is 47.5 Å². The van der Waals surface area contributed by atoms with Crippen LogP contribution in [0.1, 0.15) is 29.7 Å². The van der Waals surface area contributed by atoms with Gasteiger partial charge in [0, 0.05) is 55.9 Å². The van der Waals surface area contributed by atoms with Crippen LogP contribution in [0.2, 0.25) is 0 Å². The summed E-state index contributed by atoms with van der Waals surface area (Å²) < 4.78 is 29.4. The molecule has 1 N–H and O–H groups in total. The Bertz CT molecular complexity index is 904. The van der Waals surface area contributed by atoms with Crippen LogP contribution in [0.15, 0.2) is 42.5 Å². The summed E-state index contributed by atoms with van der Waals surface area (Å²) in [5.41, 5.74) is 1.52. The fourth-order valence-corrected chi connectivity index (χ4v) is 4.84. The lowest BCUT2D eigenvalue weighted by atomic mass is 10.0. The van der Waals surface area contributed by atoms with Crippen LogP contribution < -0.4 is 10.2 Å². The van der Waals surface area contributed by atoms with E-state index in [1.54, 1.807) is 6.07 Å². The molecule has 2 fully saturated rings. The molecule has 152 valence electrons. The Morgan fingerprint density at radius 3 is 2.52 bits per heavy atom. The van der Waals surface area contributed by atoms with E-state index in [9.17, 15) is 13.6 Å². The molecule has 3 aliphatic rings. The van der Waals surface area contributed by atoms with Crippen molar-refractivity contribution in [2.75, 3.05) is 24.5 Å². The number of nitrogens with zero attached hydrogens (tertiary/aromatic N) is 3. The monoisotopic (exact) mass is 398 g/mol. The van der Waals surface area contributed by atoms with Crippen molar-refractivity contribution in [1.29, 1.82) is 0 Å². The van der Waals surface area contributed by atoms with Crippen molar-refractivity contribution in [2.24, 2.45) is 0 Å². The minimum atomic E-state index is -3.52. The molecule has 0 saturated carbocycles. The minimum Gasteiger partial charge on any atom is -0.348 e. The van der Waals surface area contributed by atoms with Gasteiger partial charge in [0.05, 0.1) is 0 Å². The van der Waals surface area contributed by atoms with Gasteiger partial charge in [-0.05, 0) is 24.5 Å². The fourth-order valence-electron chi connectivity index (χ4n) is 4.84. The van der Waals surface area contributed by atoms with Crippen molar-refractivity contribution in [3.8, 4) is 0 Å². The fraction of sp³-hybridized carbons (Fsp3) is 0.455. The maximum atomic E-state index is 14.7. The van der Waals surface area contributed by atoms with Crippen LogP contribution in [-0.2, 0) is 23.7 Å². The molecule has 1 aromatic heterocycles. The number of aromatic nitrogens is 1. The van der Waals surface area contributed by atoms with Gasteiger partial charge in [-0.25, -0.2) is 4.98 Å². The Kier molecular flexibility index (Phi) is 4.50. The molecule has 2 aromatic rings. The van der Waals surface area contributed by atoms with E-state index in [2.05, 4.69) is 10.2 Å². The molecule has 1 aromatic carbocycles. The van der Waals surface area contributed by atoms with Crippen molar-refractivity contribution < 1.29 is 13.6 Å². The molecule has 1 amide bonds. The van der Waals surface area contributed by atoms with E-state index in [4.69, 9.17) is 4.98 Å². The normalized spacial score (nSPS) is 23.8. The molecule has 0 radical (unpaired) electrons. The summed E-state index contributed by atoms with van der Waals surface area (Å²) in [5.74, 6) is -3.68. The van der Waals surface area contributed by atoms with Gasteiger partial charge in [0.25, 0.3) is 5.91 Å². The summed E-state index contributed by atoms with van der Waals surface area (Å²) >= 11 is 0. The first-order valence-electron chi connectivity index (χ1n) is 10.2. The van der Waals surface area contributed by atoms with E-state index in [1.165, 1.54) is 42.0 Å². The molecular weight excluding hydrogens is 374 g/mol. The summed E-state index contributed by atoms with van der Waals surface area (Å²) in [6.07, 6.45) is 2.85. The van der Waals surface area contributed by atoms with Crippen molar-refractivity contribution in [3.63, 3.8) is 0 Å². The predicted molar refractivity (Wildman–Crippen MR) is 106 cm³/mol. The summed E-state index contributed by atoms with van der Waals surface area (Å²) in [7, 11) is 0. The first kappa shape index (κ1) is 18.5. The average Bonchev–Trinajstić information content (AvgIpc) is 3.01. The maximum absolute atomic E-state index is 14.7. The third-order valence-electron chi connectivity index (χ3n) is 6.37. The van der Waals surface area contributed by atoms with Gasteiger partial charge in [0.2, 0.25) is 0 Å². The van der Waals surface area contributed by atoms with Gasteiger partial charge < -0.3 is 15.1 Å². The molecule has 7 heteroatoms. The van der Waals surface area contributed by atoms with Crippen LogP contribution in [0.3, 0.4) is 0 Å². The number of halogens is 2. The Hall–Kier alpha value is -2.54. The van der Waals surface area contributed by atoms with Gasteiger partial charge in [-0.2, -0.15) is 8.78 Å². The Morgan fingerprint density at radius 2 is 1.79 bits per heavy atom. The van der Waals surface area contributed by atoms with Crippen LogP contribution in [0, 0.1) is 0 Å². The first-order valence-corrected chi connectivity index (χ1v) is 10.2. The summed E-state index contributed by atoms with van der Waals surface area (Å²) in [5, 5.41) is 3.47. The second-order valence-corrected chi connectivity index (χ2v) is 8.14. The number of piperazine rings is 1. The number of pyridine rings is 1. The zero-order chi connectivity index (χ0) is 20.0. The smallest absolute Gasteiger partial charge is 0.348 e. The Morgan fingerprint density at radius 1 is 1.07 bits per heavy atom. The van der Waals surface area contributed by atoms with Gasteiger partial charge in [-0.3, -0.25) is 4.79 Å². The van der Waals surface area contributed by atoms with Crippen LogP contribution in [0.4, 0.5) is 14.6 Å². The maximum Gasteiger partial charge on any atom is 0.349 e. The number of anilines is 1. The van der Waals surface area contributed by atoms with Crippen molar-refractivity contribution in [2.45, 2.75) is 43.8 Å².